The van der Waals surface area contributed by atoms with Crippen LogP contribution in [0.5, 0.6) is 5.75 Å². The van der Waals surface area contributed by atoms with E-state index in [9.17, 15) is 26.4 Å². The average Bonchev–Trinajstić information content (AvgIpc) is 2.56. The third-order valence-electron chi connectivity index (χ3n) is 5.97. The Bertz CT molecular complexity index is 935. The number of carbonyl (C=O) groups is 1. The van der Waals surface area contributed by atoms with Crippen molar-refractivity contribution in [2.45, 2.75) is 77.3 Å². The zero-order valence-electron chi connectivity index (χ0n) is 18.6. The lowest BCUT2D eigenvalue weighted by Gasteiger charge is -2.49. The molecule has 31 heavy (non-hydrogen) atoms. The number of rotatable bonds is 5. The van der Waals surface area contributed by atoms with Crippen LogP contribution in [0.15, 0.2) is 18.2 Å². The predicted molar refractivity (Wildman–Crippen MR) is 110 cm³/mol. The Kier molecular flexibility index (Phi) is 6.68. The van der Waals surface area contributed by atoms with E-state index in [2.05, 4.69) is 23.3 Å². The van der Waals surface area contributed by atoms with Gasteiger partial charge in [0.05, 0.1) is 0 Å². The first-order valence-electron chi connectivity index (χ1n) is 9.99. The number of benzene rings is 1. The number of amides is 1. The van der Waals surface area contributed by atoms with E-state index in [-0.39, 0.29) is 11.2 Å². The molecule has 10 heteroatoms. The fourth-order valence-electron chi connectivity index (χ4n) is 3.83. The molecule has 0 heterocycles. The van der Waals surface area contributed by atoms with Gasteiger partial charge in [-0.25, -0.2) is 4.79 Å². The van der Waals surface area contributed by atoms with Crippen molar-refractivity contribution in [3.05, 3.63) is 29.3 Å². The molecule has 2 rings (SSSR count). The summed E-state index contributed by atoms with van der Waals surface area (Å²) in [5.41, 5.74) is -5.07. The summed E-state index contributed by atoms with van der Waals surface area (Å²) in [6.07, 6.45) is 1.35. The van der Waals surface area contributed by atoms with Crippen molar-refractivity contribution in [3.8, 4) is 5.75 Å². The number of alkyl halides is 3. The maximum atomic E-state index is 12.6. The standard InChI is InChI=1S/C21H30F3NO5S/c1-18(2,3)29-17(26)25-12-11-20(6)16-8-7-15(30-31(27,28)21(22,23)24)13-14(16)9-10-19(20,4)5/h7-8,13H,9-12H2,1-6H3,(H,25,26). The van der Waals surface area contributed by atoms with Crippen LogP contribution in [0.25, 0.3) is 0 Å². The molecular weight excluding hydrogens is 435 g/mol. The van der Waals surface area contributed by atoms with E-state index in [0.29, 0.717) is 19.4 Å². The first-order valence-corrected chi connectivity index (χ1v) is 11.4. The lowest BCUT2D eigenvalue weighted by Crippen LogP contribution is -2.46. The van der Waals surface area contributed by atoms with Crippen molar-refractivity contribution in [1.29, 1.82) is 0 Å². The van der Waals surface area contributed by atoms with E-state index in [1.165, 1.54) is 12.1 Å². The molecule has 0 bridgehead atoms. The van der Waals surface area contributed by atoms with Gasteiger partial charge in [0.15, 0.2) is 0 Å². The van der Waals surface area contributed by atoms with E-state index in [4.69, 9.17) is 4.74 Å². The van der Waals surface area contributed by atoms with Gasteiger partial charge in [-0.2, -0.15) is 21.6 Å². The van der Waals surface area contributed by atoms with Crippen molar-refractivity contribution < 1.29 is 35.3 Å². The van der Waals surface area contributed by atoms with Gasteiger partial charge in [-0.1, -0.05) is 26.8 Å². The van der Waals surface area contributed by atoms with Crippen LogP contribution in [-0.2, 0) is 26.7 Å². The summed E-state index contributed by atoms with van der Waals surface area (Å²) in [6, 6.07) is 4.21. The van der Waals surface area contributed by atoms with Crippen LogP contribution < -0.4 is 9.50 Å². The first kappa shape index (κ1) is 25.3. The average molecular weight is 466 g/mol. The molecular formula is C21H30F3NO5S. The molecule has 0 aliphatic heterocycles. The molecule has 1 aromatic carbocycles. The number of fused-ring (bicyclic) bond motifs is 1. The fraction of sp³-hybridized carbons (Fsp3) is 0.667. The van der Waals surface area contributed by atoms with E-state index in [1.807, 2.05) is 6.92 Å². The Morgan fingerprint density at radius 3 is 2.32 bits per heavy atom. The van der Waals surface area contributed by atoms with Crippen LogP contribution in [0.4, 0.5) is 18.0 Å². The minimum absolute atomic E-state index is 0.171. The summed E-state index contributed by atoms with van der Waals surface area (Å²) in [5.74, 6) is -0.370. The molecule has 1 aliphatic carbocycles. The summed E-state index contributed by atoms with van der Waals surface area (Å²) in [6.45, 7) is 11.9. The monoisotopic (exact) mass is 465 g/mol. The molecule has 1 amide bonds. The SMILES string of the molecule is CC(C)(C)OC(=O)NCCC1(C)c2ccc(OS(=O)(=O)C(F)(F)F)cc2CCC1(C)C. The van der Waals surface area contributed by atoms with Gasteiger partial charge < -0.3 is 14.2 Å². The Balaban J connectivity index is 2.25. The Morgan fingerprint density at radius 1 is 1.16 bits per heavy atom. The van der Waals surface area contributed by atoms with Gasteiger partial charge in [-0.15, -0.1) is 0 Å². The topological polar surface area (TPSA) is 81.7 Å². The van der Waals surface area contributed by atoms with Crippen molar-refractivity contribution in [2.24, 2.45) is 5.41 Å². The van der Waals surface area contributed by atoms with E-state index >= 15 is 0 Å². The number of halogens is 3. The normalized spacial score (nSPS) is 21.2. The summed E-state index contributed by atoms with van der Waals surface area (Å²) in [5, 5.41) is 2.75. The molecule has 0 saturated carbocycles. The smallest absolute Gasteiger partial charge is 0.444 e. The minimum atomic E-state index is -5.73. The van der Waals surface area contributed by atoms with Crippen LogP contribution in [-0.4, -0.2) is 32.2 Å². The summed E-state index contributed by atoms with van der Waals surface area (Å²) in [7, 11) is -5.73. The molecule has 1 N–H and O–H groups in total. The summed E-state index contributed by atoms with van der Waals surface area (Å²) in [4.78, 5) is 12.0. The zero-order chi connectivity index (χ0) is 23.9. The zero-order valence-corrected chi connectivity index (χ0v) is 19.5. The number of carbonyl (C=O) groups excluding carboxylic acids is 1. The van der Waals surface area contributed by atoms with Crippen LogP contribution in [0.2, 0.25) is 0 Å². The van der Waals surface area contributed by atoms with Crippen molar-refractivity contribution >= 4 is 16.2 Å². The second-order valence-corrected chi connectivity index (χ2v) is 11.2. The highest BCUT2D eigenvalue weighted by atomic mass is 32.2. The summed E-state index contributed by atoms with van der Waals surface area (Å²) >= 11 is 0. The summed E-state index contributed by atoms with van der Waals surface area (Å²) < 4.78 is 70.1. The highest BCUT2D eigenvalue weighted by Gasteiger charge is 2.49. The van der Waals surface area contributed by atoms with Crippen LogP contribution in [0.1, 0.15) is 65.5 Å². The largest absolute Gasteiger partial charge is 0.534 e. The predicted octanol–water partition coefficient (Wildman–Crippen LogP) is 5.06. The van der Waals surface area contributed by atoms with Gasteiger partial charge in [0, 0.05) is 6.54 Å². The molecule has 0 fully saturated rings. The van der Waals surface area contributed by atoms with Crippen molar-refractivity contribution in [3.63, 3.8) is 0 Å². The van der Waals surface area contributed by atoms with Gasteiger partial charge in [-0.3, -0.25) is 0 Å². The van der Waals surface area contributed by atoms with Crippen LogP contribution >= 0.6 is 0 Å². The molecule has 1 aromatic rings. The minimum Gasteiger partial charge on any atom is -0.444 e. The molecule has 1 atom stereocenters. The van der Waals surface area contributed by atoms with E-state index in [0.717, 1.165) is 17.5 Å². The number of alkyl carbamates (subject to hydrolysis) is 1. The Morgan fingerprint density at radius 2 is 1.77 bits per heavy atom. The first-order chi connectivity index (χ1) is 13.9. The fourth-order valence-corrected chi connectivity index (χ4v) is 4.28. The lowest BCUT2D eigenvalue weighted by atomic mass is 9.55. The number of nitrogens with one attached hydrogen (secondary N) is 1. The van der Waals surface area contributed by atoms with Crippen molar-refractivity contribution in [1.82, 2.24) is 5.32 Å². The molecule has 0 radical (unpaired) electrons. The molecule has 1 aliphatic rings. The quantitative estimate of drug-likeness (QED) is 0.486. The van der Waals surface area contributed by atoms with Gasteiger partial charge in [-0.05, 0) is 74.1 Å². The maximum Gasteiger partial charge on any atom is 0.534 e. The van der Waals surface area contributed by atoms with Gasteiger partial charge in [0.1, 0.15) is 11.4 Å². The van der Waals surface area contributed by atoms with Crippen LogP contribution in [0, 0.1) is 5.41 Å². The van der Waals surface area contributed by atoms with E-state index < -0.39 is 32.7 Å². The number of ether oxygens (including phenoxy) is 1. The number of hydrogen-bond donors (Lipinski definition) is 1. The Hall–Kier alpha value is -1.97. The second kappa shape index (κ2) is 8.18. The highest BCUT2D eigenvalue weighted by molar-refractivity contribution is 7.88. The van der Waals surface area contributed by atoms with E-state index in [1.54, 1.807) is 26.8 Å². The number of hydrogen-bond acceptors (Lipinski definition) is 5. The van der Waals surface area contributed by atoms with Gasteiger partial charge >= 0.3 is 21.7 Å². The molecule has 0 spiro atoms. The van der Waals surface area contributed by atoms with Gasteiger partial charge in [0.2, 0.25) is 0 Å². The van der Waals surface area contributed by atoms with Crippen LogP contribution in [0.3, 0.4) is 0 Å². The molecule has 1 unspecified atom stereocenters. The maximum absolute atomic E-state index is 12.6. The molecule has 6 nitrogen and oxygen atoms in total. The highest BCUT2D eigenvalue weighted by Crippen LogP contribution is 2.52. The van der Waals surface area contributed by atoms with Crippen molar-refractivity contribution in [2.75, 3.05) is 6.54 Å². The molecule has 176 valence electrons. The Labute approximate surface area is 181 Å². The lowest BCUT2D eigenvalue weighted by molar-refractivity contribution is -0.0500. The number of aryl methyl sites for hydroxylation is 1. The second-order valence-electron chi connectivity index (χ2n) is 9.70. The third kappa shape index (κ3) is 5.64. The third-order valence-corrected chi connectivity index (χ3v) is 6.95. The van der Waals surface area contributed by atoms with Gasteiger partial charge in [0.25, 0.3) is 0 Å². The molecule has 0 saturated heterocycles. The molecule has 0 aromatic heterocycles.